The average molecular weight is 603 g/mol. The molecular weight excluding hydrogens is 571 g/mol. The Kier molecular flexibility index (Phi) is 10.0. The van der Waals surface area contributed by atoms with Gasteiger partial charge < -0.3 is 18.8 Å². The van der Waals surface area contributed by atoms with Crippen LogP contribution in [0.5, 0.6) is 0 Å². The van der Waals surface area contributed by atoms with Gasteiger partial charge in [0.25, 0.3) is 0 Å². The van der Waals surface area contributed by atoms with Gasteiger partial charge in [-0.1, -0.05) is 30.3 Å². The highest BCUT2D eigenvalue weighted by atomic mass is 79.9. The Morgan fingerprint density at radius 2 is 1.56 bits per heavy atom. The Bertz CT molecular complexity index is 1320. The van der Waals surface area contributed by atoms with Crippen molar-refractivity contribution in [1.29, 1.82) is 0 Å². The molecule has 10 heteroatoms. The zero-order chi connectivity index (χ0) is 28.7. The van der Waals surface area contributed by atoms with Crippen LogP contribution in [0.15, 0.2) is 59.2 Å². The standard InChI is InChI=1S/C29H32BrFN2O6/c1-6-37-26(34)23-21(17-32-24(27(35)38-7-2)28(36)39-29(3,4)5)33(20-15-13-19(31)14-16-20)25(30)22(23)18-11-9-8-10-12-18/h8-16,24,32H,6-7,17H2,1-5H3. The van der Waals surface area contributed by atoms with Crippen LogP contribution in [0, 0.1) is 5.82 Å². The monoisotopic (exact) mass is 602 g/mol. The van der Waals surface area contributed by atoms with Gasteiger partial charge in [-0.3, -0.25) is 5.32 Å². The van der Waals surface area contributed by atoms with Gasteiger partial charge in [0.15, 0.2) is 0 Å². The number of carbonyl (C=O) groups is 3. The molecule has 0 aliphatic carbocycles. The largest absolute Gasteiger partial charge is 0.464 e. The van der Waals surface area contributed by atoms with Gasteiger partial charge in [-0.25, -0.2) is 18.8 Å². The summed E-state index contributed by atoms with van der Waals surface area (Å²) in [6.45, 7) is 8.44. The number of carbonyl (C=O) groups excluding carboxylic acids is 3. The van der Waals surface area contributed by atoms with Crippen molar-refractivity contribution in [2.75, 3.05) is 13.2 Å². The molecule has 0 fully saturated rings. The molecule has 0 saturated heterocycles. The first-order valence-electron chi connectivity index (χ1n) is 12.5. The molecule has 0 aliphatic heterocycles. The molecule has 1 heterocycles. The van der Waals surface area contributed by atoms with Crippen molar-refractivity contribution >= 4 is 33.8 Å². The van der Waals surface area contributed by atoms with E-state index in [4.69, 9.17) is 14.2 Å². The highest BCUT2D eigenvalue weighted by Crippen LogP contribution is 2.39. The molecule has 0 amide bonds. The van der Waals surface area contributed by atoms with Crippen LogP contribution >= 0.6 is 15.9 Å². The Balaban J connectivity index is 2.21. The third-order valence-electron chi connectivity index (χ3n) is 5.48. The lowest BCUT2D eigenvalue weighted by Gasteiger charge is -2.24. The van der Waals surface area contributed by atoms with E-state index in [1.165, 1.54) is 12.1 Å². The van der Waals surface area contributed by atoms with Crippen LogP contribution in [0.4, 0.5) is 4.39 Å². The third-order valence-corrected chi connectivity index (χ3v) is 6.23. The summed E-state index contributed by atoms with van der Waals surface area (Å²) in [7, 11) is 0. The summed E-state index contributed by atoms with van der Waals surface area (Å²) in [5.41, 5.74) is 1.56. The quantitative estimate of drug-likeness (QED) is 0.184. The normalized spacial score (nSPS) is 12.1. The zero-order valence-corrected chi connectivity index (χ0v) is 24.1. The molecule has 0 saturated carbocycles. The molecule has 2 aromatic carbocycles. The number of ether oxygens (including phenoxy) is 3. The first-order chi connectivity index (χ1) is 18.5. The summed E-state index contributed by atoms with van der Waals surface area (Å²) in [6, 6.07) is 13.5. The maximum absolute atomic E-state index is 13.8. The third kappa shape index (κ3) is 7.33. The number of rotatable bonds is 10. The number of aromatic nitrogens is 1. The second-order valence-corrected chi connectivity index (χ2v) is 10.2. The van der Waals surface area contributed by atoms with Crippen LogP contribution in [-0.2, 0) is 30.3 Å². The maximum atomic E-state index is 13.8. The maximum Gasteiger partial charge on any atom is 0.340 e. The first kappa shape index (κ1) is 30.0. The van der Waals surface area contributed by atoms with Crippen LogP contribution in [0.2, 0.25) is 0 Å². The van der Waals surface area contributed by atoms with Crippen molar-refractivity contribution < 1.29 is 33.0 Å². The van der Waals surface area contributed by atoms with E-state index in [1.807, 2.05) is 30.3 Å². The topological polar surface area (TPSA) is 95.9 Å². The van der Waals surface area contributed by atoms with E-state index in [-0.39, 0.29) is 25.3 Å². The molecule has 39 heavy (non-hydrogen) atoms. The lowest BCUT2D eigenvalue weighted by atomic mass is 10.0. The number of hydrogen-bond acceptors (Lipinski definition) is 7. The van der Waals surface area contributed by atoms with Crippen molar-refractivity contribution in [3.63, 3.8) is 0 Å². The van der Waals surface area contributed by atoms with Gasteiger partial charge in [0.2, 0.25) is 6.04 Å². The van der Waals surface area contributed by atoms with Crippen LogP contribution in [0.25, 0.3) is 16.8 Å². The molecule has 8 nitrogen and oxygen atoms in total. The van der Waals surface area contributed by atoms with Crippen molar-refractivity contribution in [1.82, 2.24) is 9.88 Å². The number of hydrogen-bond donors (Lipinski definition) is 1. The fraction of sp³-hybridized carbons (Fsp3) is 0.345. The molecule has 1 atom stereocenters. The molecule has 208 valence electrons. The molecule has 1 unspecified atom stereocenters. The minimum atomic E-state index is -1.46. The van der Waals surface area contributed by atoms with Gasteiger partial charge in [-0.2, -0.15) is 0 Å². The number of halogens is 2. The Hall–Kier alpha value is -3.50. The predicted octanol–water partition coefficient (Wildman–Crippen LogP) is 5.59. The van der Waals surface area contributed by atoms with Gasteiger partial charge in [0.1, 0.15) is 11.4 Å². The lowest BCUT2D eigenvalue weighted by Crippen LogP contribution is -2.47. The van der Waals surface area contributed by atoms with Crippen LogP contribution in [0.3, 0.4) is 0 Å². The summed E-state index contributed by atoms with van der Waals surface area (Å²) in [6.07, 6.45) is 0. The van der Waals surface area contributed by atoms with E-state index in [9.17, 15) is 18.8 Å². The van der Waals surface area contributed by atoms with Crippen molar-refractivity contribution in [3.05, 3.63) is 76.3 Å². The van der Waals surface area contributed by atoms with Crippen molar-refractivity contribution in [2.45, 2.75) is 52.8 Å². The SMILES string of the molecule is CCOC(=O)c1c(-c2ccccc2)c(Br)n(-c2ccc(F)cc2)c1CNC(C(=O)OCC)C(=O)OC(C)(C)C. The molecule has 3 aromatic rings. The second kappa shape index (κ2) is 13.0. The summed E-state index contributed by atoms with van der Waals surface area (Å²) >= 11 is 3.64. The number of nitrogens with zero attached hydrogens (tertiary/aromatic N) is 1. The summed E-state index contributed by atoms with van der Waals surface area (Å²) < 4.78 is 32.0. The van der Waals surface area contributed by atoms with Gasteiger partial charge >= 0.3 is 17.9 Å². The average Bonchev–Trinajstić information content (AvgIpc) is 3.16. The molecule has 0 radical (unpaired) electrons. The Morgan fingerprint density at radius 1 is 0.949 bits per heavy atom. The molecule has 0 aliphatic rings. The smallest absolute Gasteiger partial charge is 0.340 e. The van der Waals surface area contributed by atoms with Gasteiger partial charge in [0.05, 0.1) is 29.1 Å². The lowest BCUT2D eigenvalue weighted by molar-refractivity contribution is -0.165. The Labute approximate surface area is 235 Å². The molecule has 1 N–H and O–H groups in total. The second-order valence-electron chi connectivity index (χ2n) is 9.49. The van der Waals surface area contributed by atoms with E-state index in [2.05, 4.69) is 21.2 Å². The van der Waals surface area contributed by atoms with Crippen molar-refractivity contribution in [2.24, 2.45) is 0 Å². The van der Waals surface area contributed by atoms with E-state index < -0.39 is 35.4 Å². The van der Waals surface area contributed by atoms with E-state index in [1.54, 1.807) is 51.3 Å². The van der Waals surface area contributed by atoms with E-state index in [0.717, 1.165) is 5.56 Å². The molecule has 0 spiro atoms. The number of benzene rings is 2. The minimum Gasteiger partial charge on any atom is -0.464 e. The van der Waals surface area contributed by atoms with Gasteiger partial charge in [0, 0.05) is 17.8 Å². The van der Waals surface area contributed by atoms with Gasteiger partial charge in [-0.15, -0.1) is 0 Å². The summed E-state index contributed by atoms with van der Waals surface area (Å²) in [5.74, 6) is -2.66. The Morgan fingerprint density at radius 3 is 2.13 bits per heavy atom. The van der Waals surface area contributed by atoms with E-state index >= 15 is 0 Å². The zero-order valence-electron chi connectivity index (χ0n) is 22.5. The molecule has 3 rings (SSSR count). The summed E-state index contributed by atoms with van der Waals surface area (Å²) in [5, 5.41) is 2.92. The predicted molar refractivity (Wildman–Crippen MR) is 148 cm³/mol. The molecular formula is C29H32BrFN2O6. The van der Waals surface area contributed by atoms with Crippen molar-refractivity contribution in [3.8, 4) is 16.8 Å². The number of esters is 3. The fourth-order valence-corrected chi connectivity index (χ4v) is 4.80. The van der Waals surface area contributed by atoms with Crippen LogP contribution in [0.1, 0.15) is 50.7 Å². The fourth-order valence-electron chi connectivity index (χ4n) is 3.96. The molecule has 1 aromatic heterocycles. The van der Waals surface area contributed by atoms with Crippen LogP contribution < -0.4 is 5.32 Å². The van der Waals surface area contributed by atoms with Gasteiger partial charge in [-0.05, 0) is 80.4 Å². The van der Waals surface area contributed by atoms with E-state index in [0.29, 0.717) is 21.5 Å². The number of nitrogens with one attached hydrogen (secondary N) is 1. The summed E-state index contributed by atoms with van der Waals surface area (Å²) in [4.78, 5) is 39.1. The first-order valence-corrected chi connectivity index (χ1v) is 13.3. The molecule has 0 bridgehead atoms. The highest BCUT2D eigenvalue weighted by molar-refractivity contribution is 9.10. The minimum absolute atomic E-state index is 0.0591. The highest BCUT2D eigenvalue weighted by Gasteiger charge is 2.35. The van der Waals surface area contributed by atoms with Crippen LogP contribution in [-0.4, -0.2) is 47.3 Å².